The fourth-order valence-electron chi connectivity index (χ4n) is 2.00. The van der Waals surface area contributed by atoms with E-state index >= 15 is 0 Å². The second kappa shape index (κ2) is 4.59. The Labute approximate surface area is 109 Å². The monoisotopic (exact) mass is 327 g/mol. The van der Waals surface area contributed by atoms with Gasteiger partial charge >= 0.3 is 0 Å². The lowest BCUT2D eigenvalue weighted by Gasteiger charge is -2.10. The zero-order valence-corrected chi connectivity index (χ0v) is 11.5. The van der Waals surface area contributed by atoms with Crippen LogP contribution in [0.15, 0.2) is 30.3 Å². The third kappa shape index (κ3) is 2.01. The van der Waals surface area contributed by atoms with Gasteiger partial charge in [-0.25, -0.2) is 0 Å². The minimum Gasteiger partial charge on any atom is -0.392 e. The van der Waals surface area contributed by atoms with Crippen molar-refractivity contribution in [2.75, 3.05) is 0 Å². The summed E-state index contributed by atoms with van der Waals surface area (Å²) in [6.45, 7) is 4.20. The van der Waals surface area contributed by atoms with E-state index in [-0.39, 0.29) is 6.61 Å². The zero-order valence-electron chi connectivity index (χ0n) is 9.37. The number of aryl methyl sites for hydroxylation is 1. The maximum absolute atomic E-state index is 9.24. The van der Waals surface area contributed by atoms with Gasteiger partial charge in [0.15, 0.2) is 0 Å². The van der Waals surface area contributed by atoms with Crippen molar-refractivity contribution in [2.45, 2.75) is 20.5 Å². The van der Waals surface area contributed by atoms with Crippen molar-refractivity contribution in [1.82, 2.24) is 4.57 Å². The molecule has 16 heavy (non-hydrogen) atoms. The van der Waals surface area contributed by atoms with Crippen LogP contribution in [0.5, 0.6) is 0 Å². The number of hydrogen-bond donors (Lipinski definition) is 1. The first-order chi connectivity index (χ1) is 7.63. The standard InChI is InChI=1S/C13H14INO/c1-9-6-11(8-16)10(2)15(9)13-5-3-4-12(14)7-13/h3-7,16H,8H2,1-2H3. The second-order valence-corrected chi connectivity index (χ2v) is 5.12. The lowest BCUT2D eigenvalue weighted by molar-refractivity contribution is 0.281. The van der Waals surface area contributed by atoms with Crippen LogP contribution in [0.1, 0.15) is 17.0 Å². The van der Waals surface area contributed by atoms with Crippen molar-refractivity contribution in [2.24, 2.45) is 0 Å². The summed E-state index contributed by atoms with van der Waals surface area (Å²) in [7, 11) is 0. The van der Waals surface area contributed by atoms with Crippen molar-refractivity contribution >= 4 is 22.6 Å². The van der Waals surface area contributed by atoms with Crippen LogP contribution in [0.2, 0.25) is 0 Å². The van der Waals surface area contributed by atoms with E-state index in [9.17, 15) is 5.11 Å². The van der Waals surface area contributed by atoms with Gasteiger partial charge in [-0.15, -0.1) is 0 Å². The first-order valence-corrected chi connectivity index (χ1v) is 6.26. The van der Waals surface area contributed by atoms with Gasteiger partial charge in [0.1, 0.15) is 0 Å². The van der Waals surface area contributed by atoms with Gasteiger partial charge in [-0.1, -0.05) is 6.07 Å². The van der Waals surface area contributed by atoms with Crippen LogP contribution in [0.3, 0.4) is 0 Å². The average Bonchev–Trinajstić information content (AvgIpc) is 2.53. The number of halogens is 1. The van der Waals surface area contributed by atoms with E-state index in [2.05, 4.69) is 58.3 Å². The lowest BCUT2D eigenvalue weighted by Crippen LogP contribution is -1.99. The van der Waals surface area contributed by atoms with E-state index in [1.807, 2.05) is 13.0 Å². The van der Waals surface area contributed by atoms with Crippen molar-refractivity contribution in [3.63, 3.8) is 0 Å². The SMILES string of the molecule is Cc1cc(CO)c(C)n1-c1cccc(I)c1. The highest BCUT2D eigenvalue weighted by molar-refractivity contribution is 14.1. The summed E-state index contributed by atoms with van der Waals surface area (Å²) in [5, 5.41) is 9.24. The number of aliphatic hydroxyl groups excluding tert-OH is 1. The quantitative estimate of drug-likeness (QED) is 0.842. The van der Waals surface area contributed by atoms with Gasteiger partial charge in [-0.3, -0.25) is 0 Å². The summed E-state index contributed by atoms with van der Waals surface area (Å²) in [5.74, 6) is 0. The topological polar surface area (TPSA) is 25.2 Å². The summed E-state index contributed by atoms with van der Waals surface area (Å²) in [4.78, 5) is 0. The molecule has 1 aromatic heterocycles. The van der Waals surface area contributed by atoms with Crippen LogP contribution in [-0.4, -0.2) is 9.67 Å². The second-order valence-electron chi connectivity index (χ2n) is 3.87. The zero-order chi connectivity index (χ0) is 11.7. The van der Waals surface area contributed by atoms with Crippen LogP contribution in [0.4, 0.5) is 0 Å². The van der Waals surface area contributed by atoms with E-state index in [1.165, 1.54) is 3.57 Å². The molecule has 3 heteroatoms. The maximum atomic E-state index is 9.24. The van der Waals surface area contributed by atoms with E-state index in [0.29, 0.717) is 0 Å². The highest BCUT2D eigenvalue weighted by Crippen LogP contribution is 2.21. The van der Waals surface area contributed by atoms with Gasteiger partial charge in [-0.05, 0) is 66.3 Å². The predicted molar refractivity (Wildman–Crippen MR) is 73.9 cm³/mol. The molecule has 0 aliphatic heterocycles. The van der Waals surface area contributed by atoms with Crippen LogP contribution >= 0.6 is 22.6 Å². The van der Waals surface area contributed by atoms with Crippen LogP contribution in [0.25, 0.3) is 5.69 Å². The Balaban J connectivity index is 2.60. The Morgan fingerprint density at radius 2 is 2.00 bits per heavy atom. The molecule has 2 rings (SSSR count). The number of hydrogen-bond acceptors (Lipinski definition) is 1. The van der Waals surface area contributed by atoms with Crippen LogP contribution < -0.4 is 0 Å². The van der Waals surface area contributed by atoms with Crippen molar-refractivity contribution < 1.29 is 5.11 Å². The summed E-state index contributed by atoms with van der Waals surface area (Å²) >= 11 is 2.31. The first kappa shape index (κ1) is 11.7. The highest BCUT2D eigenvalue weighted by Gasteiger charge is 2.09. The van der Waals surface area contributed by atoms with E-state index in [4.69, 9.17) is 0 Å². The predicted octanol–water partition coefficient (Wildman–Crippen LogP) is 3.19. The molecule has 0 amide bonds. The molecule has 84 valence electrons. The molecule has 0 aliphatic carbocycles. The number of benzene rings is 1. The van der Waals surface area contributed by atoms with Crippen molar-refractivity contribution in [3.05, 3.63) is 50.9 Å². The van der Waals surface area contributed by atoms with Crippen LogP contribution in [-0.2, 0) is 6.61 Å². The van der Waals surface area contributed by atoms with Gasteiger partial charge in [0.2, 0.25) is 0 Å². The molecule has 0 bridgehead atoms. The Bertz CT molecular complexity index is 517. The first-order valence-electron chi connectivity index (χ1n) is 5.18. The van der Waals surface area contributed by atoms with Gasteiger partial charge in [0.25, 0.3) is 0 Å². The molecule has 0 atom stereocenters. The molecule has 0 saturated carbocycles. The third-order valence-corrected chi connectivity index (χ3v) is 3.44. The van der Waals surface area contributed by atoms with Gasteiger partial charge in [-0.2, -0.15) is 0 Å². The molecule has 0 spiro atoms. The van der Waals surface area contributed by atoms with Gasteiger partial charge < -0.3 is 9.67 Å². The van der Waals surface area contributed by atoms with E-state index in [0.717, 1.165) is 22.6 Å². The summed E-state index contributed by atoms with van der Waals surface area (Å²) in [6, 6.07) is 10.4. The molecule has 2 aromatic rings. The number of aromatic nitrogens is 1. The Morgan fingerprint density at radius 3 is 2.56 bits per heavy atom. The van der Waals surface area contributed by atoms with Gasteiger partial charge in [0, 0.05) is 20.6 Å². The van der Waals surface area contributed by atoms with E-state index in [1.54, 1.807) is 0 Å². The van der Waals surface area contributed by atoms with Crippen molar-refractivity contribution in [1.29, 1.82) is 0 Å². The smallest absolute Gasteiger partial charge is 0.0699 e. The molecule has 0 aliphatic rings. The average molecular weight is 327 g/mol. The number of nitrogens with zero attached hydrogens (tertiary/aromatic N) is 1. The molecule has 1 aromatic carbocycles. The minimum atomic E-state index is 0.101. The summed E-state index contributed by atoms with van der Waals surface area (Å²) < 4.78 is 3.39. The highest BCUT2D eigenvalue weighted by atomic mass is 127. The van der Waals surface area contributed by atoms with E-state index < -0.39 is 0 Å². The largest absolute Gasteiger partial charge is 0.392 e. The van der Waals surface area contributed by atoms with Crippen LogP contribution in [0, 0.1) is 17.4 Å². The number of rotatable bonds is 2. The van der Waals surface area contributed by atoms with Gasteiger partial charge in [0.05, 0.1) is 6.61 Å². The molecule has 0 radical (unpaired) electrons. The molecular weight excluding hydrogens is 313 g/mol. The molecule has 1 N–H and O–H groups in total. The third-order valence-electron chi connectivity index (χ3n) is 2.77. The Kier molecular flexibility index (Phi) is 3.35. The summed E-state index contributed by atoms with van der Waals surface area (Å²) in [6.07, 6.45) is 0. The molecule has 0 fully saturated rings. The molecule has 0 unspecified atom stereocenters. The fraction of sp³-hybridized carbons (Fsp3) is 0.231. The Hall–Kier alpha value is -0.810. The maximum Gasteiger partial charge on any atom is 0.0699 e. The minimum absolute atomic E-state index is 0.101. The summed E-state index contributed by atoms with van der Waals surface area (Å²) in [5.41, 5.74) is 4.42. The Morgan fingerprint density at radius 1 is 1.25 bits per heavy atom. The molecule has 2 nitrogen and oxygen atoms in total. The molecule has 0 saturated heterocycles. The lowest BCUT2D eigenvalue weighted by atomic mass is 10.2. The number of aliphatic hydroxyl groups is 1. The molecule has 1 heterocycles. The van der Waals surface area contributed by atoms with Crippen molar-refractivity contribution in [3.8, 4) is 5.69 Å². The molecular formula is C13H14INO. The normalized spacial score (nSPS) is 10.8. The fourth-order valence-corrected chi connectivity index (χ4v) is 2.53.